The Kier molecular flexibility index (Phi) is 5.16. The van der Waals surface area contributed by atoms with E-state index in [1.807, 2.05) is 18.2 Å². The zero-order chi connectivity index (χ0) is 17.7. The van der Waals surface area contributed by atoms with Gasteiger partial charge in [-0.05, 0) is 30.5 Å². The summed E-state index contributed by atoms with van der Waals surface area (Å²) in [4.78, 5) is 12.1. The monoisotopic (exact) mass is 346 g/mol. The fraction of sp³-hybridized carbons (Fsp3) is 0.316. The molecule has 2 aromatic carbocycles. The fourth-order valence-corrected chi connectivity index (χ4v) is 2.83. The van der Waals surface area contributed by atoms with Gasteiger partial charge < -0.3 is 15.4 Å². The Balaban J connectivity index is 1.51. The van der Waals surface area contributed by atoms with E-state index in [4.69, 9.17) is 0 Å². The predicted molar refractivity (Wildman–Crippen MR) is 91.9 cm³/mol. The molecule has 0 aromatic heterocycles. The van der Waals surface area contributed by atoms with Gasteiger partial charge in [-0.15, -0.1) is 0 Å². The molecule has 2 N–H and O–H groups in total. The number of amides is 1. The fourth-order valence-electron chi connectivity index (χ4n) is 2.83. The molecule has 1 saturated carbocycles. The van der Waals surface area contributed by atoms with Gasteiger partial charge >= 0.3 is 6.61 Å². The molecular weight excluding hydrogens is 326 g/mol. The Morgan fingerprint density at radius 3 is 2.44 bits per heavy atom. The van der Waals surface area contributed by atoms with Crippen molar-refractivity contribution >= 4 is 11.6 Å². The van der Waals surface area contributed by atoms with E-state index in [1.54, 1.807) is 18.2 Å². The van der Waals surface area contributed by atoms with Crippen LogP contribution in [0.1, 0.15) is 18.4 Å². The van der Waals surface area contributed by atoms with Gasteiger partial charge in [-0.2, -0.15) is 8.78 Å². The van der Waals surface area contributed by atoms with Crippen molar-refractivity contribution in [1.82, 2.24) is 5.32 Å². The van der Waals surface area contributed by atoms with E-state index < -0.39 is 6.61 Å². The van der Waals surface area contributed by atoms with Crippen molar-refractivity contribution in [3.63, 3.8) is 0 Å². The summed E-state index contributed by atoms with van der Waals surface area (Å²) in [7, 11) is 0. The molecule has 1 aliphatic rings. The van der Waals surface area contributed by atoms with Crippen LogP contribution in [0.5, 0.6) is 5.75 Å². The largest absolute Gasteiger partial charge is 0.433 e. The van der Waals surface area contributed by atoms with E-state index in [9.17, 15) is 13.6 Å². The highest BCUT2D eigenvalue weighted by atomic mass is 19.3. The SMILES string of the molecule is O=C(CNc1ccccc1OC(F)F)NCC1(c2ccccc2)CC1. The Morgan fingerprint density at radius 1 is 1.08 bits per heavy atom. The Bertz CT molecular complexity index is 718. The highest BCUT2D eigenvalue weighted by Crippen LogP contribution is 2.47. The van der Waals surface area contributed by atoms with Gasteiger partial charge in [0.15, 0.2) is 0 Å². The summed E-state index contributed by atoms with van der Waals surface area (Å²) in [5.41, 5.74) is 1.63. The van der Waals surface area contributed by atoms with Gasteiger partial charge in [0.05, 0.1) is 12.2 Å². The molecule has 0 saturated heterocycles. The van der Waals surface area contributed by atoms with Crippen LogP contribution in [0.2, 0.25) is 0 Å². The Morgan fingerprint density at radius 2 is 1.76 bits per heavy atom. The van der Waals surface area contributed by atoms with Crippen LogP contribution in [-0.2, 0) is 10.2 Å². The first kappa shape index (κ1) is 17.2. The first-order valence-corrected chi connectivity index (χ1v) is 8.19. The maximum absolute atomic E-state index is 12.4. The quantitative estimate of drug-likeness (QED) is 0.769. The number of ether oxygens (including phenoxy) is 1. The third-order valence-corrected chi connectivity index (χ3v) is 4.41. The second kappa shape index (κ2) is 7.51. The predicted octanol–water partition coefficient (Wildman–Crippen LogP) is 3.55. The maximum Gasteiger partial charge on any atom is 0.387 e. The third kappa shape index (κ3) is 4.47. The molecule has 1 amide bonds. The first-order valence-electron chi connectivity index (χ1n) is 8.19. The topological polar surface area (TPSA) is 50.4 Å². The van der Waals surface area contributed by atoms with Crippen molar-refractivity contribution in [2.75, 3.05) is 18.4 Å². The summed E-state index contributed by atoms with van der Waals surface area (Å²) in [6.45, 7) is -2.33. The minimum atomic E-state index is -2.91. The maximum atomic E-state index is 12.4. The molecule has 0 atom stereocenters. The minimum absolute atomic E-state index is 0.00548. The molecule has 1 aliphatic carbocycles. The molecule has 6 heteroatoms. The number of nitrogens with one attached hydrogen (secondary N) is 2. The van der Waals surface area contributed by atoms with E-state index in [1.165, 1.54) is 11.6 Å². The van der Waals surface area contributed by atoms with E-state index in [-0.39, 0.29) is 23.6 Å². The Hall–Kier alpha value is -2.63. The number of hydrogen-bond acceptors (Lipinski definition) is 3. The van der Waals surface area contributed by atoms with Crippen LogP contribution in [-0.4, -0.2) is 25.6 Å². The zero-order valence-electron chi connectivity index (χ0n) is 13.7. The van der Waals surface area contributed by atoms with Crippen molar-refractivity contribution in [2.45, 2.75) is 24.9 Å². The van der Waals surface area contributed by atoms with Gasteiger partial charge in [-0.1, -0.05) is 42.5 Å². The van der Waals surface area contributed by atoms with Crippen LogP contribution >= 0.6 is 0 Å². The molecule has 0 unspecified atom stereocenters. The van der Waals surface area contributed by atoms with Gasteiger partial charge in [-0.3, -0.25) is 4.79 Å². The molecule has 0 heterocycles. The van der Waals surface area contributed by atoms with Gasteiger partial charge in [0.2, 0.25) is 5.91 Å². The summed E-state index contributed by atoms with van der Waals surface area (Å²) < 4.78 is 29.2. The van der Waals surface area contributed by atoms with E-state index in [2.05, 4.69) is 27.5 Å². The lowest BCUT2D eigenvalue weighted by Crippen LogP contribution is -2.36. The van der Waals surface area contributed by atoms with E-state index in [0.717, 1.165) is 12.8 Å². The summed E-state index contributed by atoms with van der Waals surface area (Å²) in [5, 5.41) is 5.77. The average molecular weight is 346 g/mol. The van der Waals surface area contributed by atoms with Crippen molar-refractivity contribution in [3.05, 3.63) is 60.2 Å². The summed E-state index contributed by atoms with van der Waals surface area (Å²) >= 11 is 0. The molecular formula is C19H20F2N2O2. The Labute approximate surface area is 145 Å². The molecule has 3 rings (SSSR count). The van der Waals surface area contributed by atoms with E-state index in [0.29, 0.717) is 12.2 Å². The highest BCUT2D eigenvalue weighted by Gasteiger charge is 2.44. The molecule has 0 aliphatic heterocycles. The molecule has 0 spiro atoms. The lowest BCUT2D eigenvalue weighted by Gasteiger charge is -2.17. The molecule has 1 fully saturated rings. The molecule has 25 heavy (non-hydrogen) atoms. The average Bonchev–Trinajstić information content (AvgIpc) is 3.41. The summed E-state index contributed by atoms with van der Waals surface area (Å²) in [6, 6.07) is 16.4. The third-order valence-electron chi connectivity index (χ3n) is 4.41. The molecule has 0 bridgehead atoms. The molecule has 0 radical (unpaired) electrons. The summed E-state index contributed by atoms with van der Waals surface area (Å²) in [5.74, 6) is -0.165. The lowest BCUT2D eigenvalue weighted by atomic mass is 9.96. The second-order valence-electron chi connectivity index (χ2n) is 6.15. The van der Waals surface area contributed by atoms with Gasteiger partial charge in [0, 0.05) is 12.0 Å². The molecule has 132 valence electrons. The van der Waals surface area contributed by atoms with Gasteiger partial charge in [0.1, 0.15) is 5.75 Å². The van der Waals surface area contributed by atoms with Crippen LogP contribution in [0.3, 0.4) is 0 Å². The van der Waals surface area contributed by atoms with Crippen molar-refractivity contribution in [2.24, 2.45) is 0 Å². The summed E-state index contributed by atoms with van der Waals surface area (Å²) in [6.07, 6.45) is 2.10. The standard InChI is InChI=1S/C19H20F2N2O2/c20-18(21)25-16-9-5-4-8-15(16)22-12-17(24)23-13-19(10-11-19)14-6-2-1-3-7-14/h1-9,18,22H,10-13H2,(H,23,24). The minimum Gasteiger partial charge on any atom is -0.433 e. The lowest BCUT2D eigenvalue weighted by molar-refractivity contribution is -0.119. The van der Waals surface area contributed by atoms with Gasteiger partial charge in [0.25, 0.3) is 0 Å². The number of carbonyl (C=O) groups is 1. The number of para-hydroxylation sites is 2. The molecule has 2 aromatic rings. The zero-order valence-corrected chi connectivity index (χ0v) is 13.7. The smallest absolute Gasteiger partial charge is 0.387 e. The van der Waals surface area contributed by atoms with Gasteiger partial charge in [-0.25, -0.2) is 0 Å². The van der Waals surface area contributed by atoms with Crippen molar-refractivity contribution < 1.29 is 18.3 Å². The number of halogens is 2. The number of alkyl halides is 2. The van der Waals surface area contributed by atoms with Crippen molar-refractivity contribution in [1.29, 1.82) is 0 Å². The van der Waals surface area contributed by atoms with Crippen molar-refractivity contribution in [3.8, 4) is 5.75 Å². The van der Waals surface area contributed by atoms with Crippen LogP contribution in [0.15, 0.2) is 54.6 Å². The molecule has 4 nitrogen and oxygen atoms in total. The van der Waals surface area contributed by atoms with Crippen LogP contribution in [0.25, 0.3) is 0 Å². The number of carbonyl (C=O) groups excluding carboxylic acids is 1. The number of anilines is 1. The normalized spacial score (nSPS) is 14.8. The number of rotatable bonds is 8. The number of hydrogen-bond donors (Lipinski definition) is 2. The second-order valence-corrected chi connectivity index (χ2v) is 6.15. The van der Waals surface area contributed by atoms with Crippen LogP contribution in [0.4, 0.5) is 14.5 Å². The van der Waals surface area contributed by atoms with Crippen LogP contribution < -0.4 is 15.4 Å². The highest BCUT2D eigenvalue weighted by molar-refractivity contribution is 5.81. The number of benzene rings is 2. The van der Waals surface area contributed by atoms with Crippen LogP contribution in [0, 0.1) is 0 Å². The first-order chi connectivity index (χ1) is 12.1. The van der Waals surface area contributed by atoms with E-state index >= 15 is 0 Å².